The van der Waals surface area contributed by atoms with Crippen molar-refractivity contribution in [3.05, 3.63) is 0 Å². The molecule has 0 saturated heterocycles. The van der Waals surface area contributed by atoms with Crippen molar-refractivity contribution < 1.29 is 14.4 Å². The lowest BCUT2D eigenvalue weighted by atomic mass is 9.84. The van der Waals surface area contributed by atoms with E-state index in [1.54, 1.807) is 0 Å². The molecular formula is C15H25N3O3. The third-order valence-corrected chi connectivity index (χ3v) is 4.78. The first-order chi connectivity index (χ1) is 9.97. The molecule has 21 heavy (non-hydrogen) atoms. The summed E-state index contributed by atoms with van der Waals surface area (Å²) in [5.74, 6) is 0.695. The van der Waals surface area contributed by atoms with Crippen molar-refractivity contribution in [3.63, 3.8) is 0 Å². The second-order valence-electron chi connectivity index (χ2n) is 6.34. The molecule has 0 spiro atoms. The van der Waals surface area contributed by atoms with Gasteiger partial charge in [-0.1, -0.05) is 6.42 Å². The van der Waals surface area contributed by atoms with Gasteiger partial charge in [0.05, 0.1) is 0 Å². The van der Waals surface area contributed by atoms with Gasteiger partial charge in [0.15, 0.2) is 0 Å². The largest absolute Gasteiger partial charge is 0.355 e. The van der Waals surface area contributed by atoms with Crippen molar-refractivity contribution in [3.8, 4) is 0 Å². The van der Waals surface area contributed by atoms with Crippen LogP contribution in [-0.2, 0) is 14.4 Å². The van der Waals surface area contributed by atoms with Crippen LogP contribution in [0.1, 0.15) is 39.5 Å². The highest BCUT2D eigenvalue weighted by Crippen LogP contribution is 2.49. The lowest BCUT2D eigenvalue weighted by Crippen LogP contribution is -2.48. The molecule has 4 unspecified atom stereocenters. The molecule has 2 bridgehead atoms. The van der Waals surface area contributed by atoms with Crippen LogP contribution in [0.3, 0.4) is 0 Å². The van der Waals surface area contributed by atoms with E-state index in [4.69, 9.17) is 0 Å². The topological polar surface area (TPSA) is 87.3 Å². The highest BCUT2D eigenvalue weighted by atomic mass is 16.2. The number of hydrogen-bond donors (Lipinski definition) is 3. The Hall–Kier alpha value is -1.59. The summed E-state index contributed by atoms with van der Waals surface area (Å²) in [5, 5.41) is 7.88. The molecule has 0 aliphatic heterocycles. The molecule has 2 aliphatic carbocycles. The number of rotatable bonds is 5. The van der Waals surface area contributed by atoms with Crippen LogP contribution in [0.5, 0.6) is 0 Å². The fourth-order valence-electron chi connectivity index (χ4n) is 3.78. The average Bonchev–Trinajstić information content (AvgIpc) is 3.05. The smallest absolute Gasteiger partial charge is 0.309 e. The second kappa shape index (κ2) is 6.91. The minimum atomic E-state index is -0.629. The maximum absolute atomic E-state index is 11.8. The molecule has 0 aromatic rings. The van der Waals surface area contributed by atoms with Crippen molar-refractivity contribution in [2.75, 3.05) is 13.1 Å². The van der Waals surface area contributed by atoms with Gasteiger partial charge in [-0.3, -0.25) is 14.4 Å². The van der Waals surface area contributed by atoms with Gasteiger partial charge in [-0.2, -0.15) is 0 Å². The Morgan fingerprint density at radius 1 is 1.05 bits per heavy atom. The lowest BCUT2D eigenvalue weighted by Gasteiger charge is -2.28. The van der Waals surface area contributed by atoms with Gasteiger partial charge in [0.1, 0.15) is 0 Å². The first kappa shape index (κ1) is 15.8. The molecule has 0 heterocycles. The Morgan fingerprint density at radius 3 is 2.33 bits per heavy atom. The second-order valence-corrected chi connectivity index (χ2v) is 6.34. The van der Waals surface area contributed by atoms with E-state index < -0.39 is 11.8 Å². The van der Waals surface area contributed by atoms with Crippen LogP contribution in [0.2, 0.25) is 0 Å². The van der Waals surface area contributed by atoms with Gasteiger partial charge < -0.3 is 16.0 Å². The number of fused-ring (bicyclic) bond motifs is 2. The number of amides is 3. The van der Waals surface area contributed by atoms with E-state index in [-0.39, 0.29) is 18.5 Å². The van der Waals surface area contributed by atoms with E-state index in [1.807, 2.05) is 6.92 Å². The predicted octanol–water partition coefficient (Wildman–Crippen LogP) is 0.180. The average molecular weight is 295 g/mol. The van der Waals surface area contributed by atoms with Crippen LogP contribution in [0.25, 0.3) is 0 Å². The number of hydrogen-bond acceptors (Lipinski definition) is 3. The standard InChI is InChI=1S/C15H25N3O3/c1-9(13-8-11-3-4-12(13)7-11)18-15(21)14(20)17-6-5-16-10(2)19/h9,11-13H,3-8H2,1-2H3,(H,16,19)(H,17,20)(H,18,21). The molecule has 0 radical (unpaired) electrons. The van der Waals surface area contributed by atoms with Gasteiger partial charge in [0.2, 0.25) is 5.91 Å². The zero-order valence-corrected chi connectivity index (χ0v) is 12.8. The molecule has 4 atom stereocenters. The van der Waals surface area contributed by atoms with Crippen molar-refractivity contribution in [1.29, 1.82) is 0 Å². The molecular weight excluding hydrogens is 270 g/mol. The number of carbonyl (C=O) groups is 3. The van der Waals surface area contributed by atoms with Gasteiger partial charge in [0.25, 0.3) is 0 Å². The molecule has 3 amide bonds. The fraction of sp³-hybridized carbons (Fsp3) is 0.800. The Balaban J connectivity index is 1.68. The SMILES string of the molecule is CC(=O)NCCNC(=O)C(=O)NC(C)C1CC2CCC1C2. The summed E-state index contributed by atoms with van der Waals surface area (Å²) >= 11 is 0. The van der Waals surface area contributed by atoms with Crippen LogP contribution < -0.4 is 16.0 Å². The minimum absolute atomic E-state index is 0.0499. The van der Waals surface area contributed by atoms with Gasteiger partial charge in [-0.15, -0.1) is 0 Å². The zero-order valence-electron chi connectivity index (χ0n) is 12.8. The van der Waals surface area contributed by atoms with E-state index in [0.717, 1.165) is 5.92 Å². The summed E-state index contributed by atoms with van der Waals surface area (Å²) in [6.07, 6.45) is 5.05. The summed E-state index contributed by atoms with van der Waals surface area (Å²) < 4.78 is 0. The fourth-order valence-corrected chi connectivity index (χ4v) is 3.78. The molecule has 6 nitrogen and oxygen atoms in total. The third-order valence-electron chi connectivity index (χ3n) is 4.78. The summed E-state index contributed by atoms with van der Waals surface area (Å²) in [6, 6.07) is 0.0499. The van der Waals surface area contributed by atoms with E-state index >= 15 is 0 Å². The third kappa shape index (κ3) is 4.19. The van der Waals surface area contributed by atoms with Gasteiger partial charge in [0, 0.05) is 26.1 Å². The molecule has 118 valence electrons. The van der Waals surface area contributed by atoms with Crippen molar-refractivity contribution in [2.45, 2.75) is 45.6 Å². The van der Waals surface area contributed by atoms with Gasteiger partial charge in [-0.05, 0) is 43.9 Å². The molecule has 0 aromatic carbocycles. The van der Waals surface area contributed by atoms with Crippen molar-refractivity contribution >= 4 is 17.7 Å². The highest BCUT2D eigenvalue weighted by molar-refractivity contribution is 6.35. The van der Waals surface area contributed by atoms with Gasteiger partial charge in [-0.25, -0.2) is 0 Å². The Bertz CT molecular complexity index is 424. The normalized spacial score (nSPS) is 28.0. The van der Waals surface area contributed by atoms with Crippen molar-refractivity contribution in [2.24, 2.45) is 17.8 Å². The summed E-state index contributed by atoms with van der Waals surface area (Å²) in [7, 11) is 0. The monoisotopic (exact) mass is 295 g/mol. The maximum Gasteiger partial charge on any atom is 0.309 e. The molecule has 6 heteroatoms. The summed E-state index contributed by atoms with van der Waals surface area (Å²) in [5.41, 5.74) is 0. The molecule has 3 N–H and O–H groups in total. The van der Waals surface area contributed by atoms with Crippen LogP contribution in [0.15, 0.2) is 0 Å². The summed E-state index contributed by atoms with van der Waals surface area (Å²) in [6.45, 7) is 3.99. The lowest BCUT2D eigenvalue weighted by molar-refractivity contribution is -0.139. The zero-order chi connectivity index (χ0) is 15.4. The molecule has 2 fully saturated rings. The molecule has 2 aliphatic rings. The van der Waals surface area contributed by atoms with E-state index in [9.17, 15) is 14.4 Å². The first-order valence-corrected chi connectivity index (χ1v) is 7.80. The molecule has 2 rings (SSSR count). The quantitative estimate of drug-likeness (QED) is 0.499. The predicted molar refractivity (Wildman–Crippen MR) is 78.2 cm³/mol. The van der Waals surface area contributed by atoms with E-state index in [1.165, 1.54) is 32.6 Å². The Kier molecular flexibility index (Phi) is 5.20. The van der Waals surface area contributed by atoms with E-state index in [2.05, 4.69) is 16.0 Å². The molecule has 0 aromatic heterocycles. The molecule has 2 saturated carbocycles. The van der Waals surface area contributed by atoms with Gasteiger partial charge >= 0.3 is 11.8 Å². The van der Waals surface area contributed by atoms with Crippen LogP contribution >= 0.6 is 0 Å². The Morgan fingerprint density at radius 2 is 1.76 bits per heavy atom. The van der Waals surface area contributed by atoms with Crippen LogP contribution in [-0.4, -0.2) is 36.9 Å². The summed E-state index contributed by atoms with van der Waals surface area (Å²) in [4.78, 5) is 34.2. The van der Waals surface area contributed by atoms with Crippen molar-refractivity contribution in [1.82, 2.24) is 16.0 Å². The number of nitrogens with one attached hydrogen (secondary N) is 3. The Labute approximate surface area is 125 Å². The number of carbonyl (C=O) groups excluding carboxylic acids is 3. The minimum Gasteiger partial charge on any atom is -0.355 e. The van der Waals surface area contributed by atoms with Crippen LogP contribution in [0, 0.1) is 17.8 Å². The van der Waals surface area contributed by atoms with E-state index in [0.29, 0.717) is 18.4 Å². The maximum atomic E-state index is 11.8. The highest BCUT2D eigenvalue weighted by Gasteiger charge is 2.42. The van der Waals surface area contributed by atoms with Crippen LogP contribution in [0.4, 0.5) is 0 Å². The first-order valence-electron chi connectivity index (χ1n) is 7.80.